The number of nitrogens with zero attached hydrogens (tertiary/aromatic N) is 4. The maximum absolute atomic E-state index is 12.7. The van der Waals surface area contributed by atoms with Crippen molar-refractivity contribution in [1.29, 1.82) is 0 Å². The Kier molecular flexibility index (Phi) is 7.26. The number of aromatic nitrogens is 2. The summed E-state index contributed by atoms with van der Waals surface area (Å²) in [4.78, 5) is 27.3. The lowest BCUT2D eigenvalue weighted by Crippen LogP contribution is -2.16. The minimum absolute atomic E-state index is 0.0215. The molecule has 0 saturated carbocycles. The van der Waals surface area contributed by atoms with Gasteiger partial charge in [0.1, 0.15) is 6.61 Å². The Morgan fingerprint density at radius 1 is 0.974 bits per heavy atom. The summed E-state index contributed by atoms with van der Waals surface area (Å²) in [6, 6.07) is 28.3. The molecule has 0 unspecified atom stereocenters. The number of hydrogen-bond acceptors (Lipinski definition) is 8. The zero-order valence-corrected chi connectivity index (χ0v) is 20.9. The van der Waals surface area contributed by atoms with E-state index >= 15 is 0 Å². The van der Waals surface area contributed by atoms with Crippen LogP contribution in [0, 0.1) is 10.1 Å². The number of hydrogen-bond donors (Lipinski definition) is 1. The highest BCUT2D eigenvalue weighted by Gasteiger charge is 2.12. The highest BCUT2D eigenvalue weighted by Crippen LogP contribution is 2.29. The predicted octanol–water partition coefficient (Wildman–Crippen LogP) is 5.33. The Morgan fingerprint density at radius 3 is 2.46 bits per heavy atom. The van der Waals surface area contributed by atoms with Crippen molar-refractivity contribution in [3.63, 3.8) is 0 Å². The Hall–Kier alpha value is -5.51. The lowest BCUT2D eigenvalue weighted by Gasteiger charge is -2.15. The van der Waals surface area contributed by atoms with Crippen LogP contribution in [0.1, 0.15) is 11.1 Å². The first-order valence-corrected chi connectivity index (χ1v) is 11.9. The maximum atomic E-state index is 12.7. The lowest BCUT2D eigenvalue weighted by atomic mass is 10.2. The largest absolute Gasteiger partial charge is 0.493 e. The second kappa shape index (κ2) is 11.3. The van der Waals surface area contributed by atoms with Gasteiger partial charge in [0.25, 0.3) is 11.2 Å². The van der Waals surface area contributed by atoms with E-state index < -0.39 is 4.92 Å². The number of fused-ring (bicyclic) bond motifs is 1. The van der Waals surface area contributed by atoms with Crippen LogP contribution in [-0.4, -0.2) is 27.8 Å². The summed E-state index contributed by atoms with van der Waals surface area (Å²) in [7, 11) is 1.53. The van der Waals surface area contributed by atoms with Gasteiger partial charge in [-0.3, -0.25) is 19.5 Å². The van der Waals surface area contributed by atoms with E-state index in [1.54, 1.807) is 48.7 Å². The maximum Gasteiger partial charge on any atom is 0.282 e. The number of non-ortho nitro benzene ring substituents is 1. The second-order valence-corrected chi connectivity index (χ2v) is 8.42. The number of anilines is 1. The average molecular weight is 522 g/mol. The van der Waals surface area contributed by atoms with Gasteiger partial charge in [0.15, 0.2) is 11.5 Å². The number of benzene rings is 4. The number of nitro benzene ring substituents is 1. The van der Waals surface area contributed by atoms with Crippen LogP contribution in [0.2, 0.25) is 0 Å². The fourth-order valence-corrected chi connectivity index (χ4v) is 4.01. The number of rotatable bonds is 9. The molecule has 5 rings (SSSR count). The minimum atomic E-state index is -0.445. The third-order valence-corrected chi connectivity index (χ3v) is 5.92. The monoisotopic (exact) mass is 521 g/mol. The van der Waals surface area contributed by atoms with Gasteiger partial charge in [-0.1, -0.05) is 30.3 Å². The van der Waals surface area contributed by atoms with Crippen molar-refractivity contribution >= 4 is 28.8 Å². The van der Waals surface area contributed by atoms with E-state index in [2.05, 4.69) is 15.5 Å². The summed E-state index contributed by atoms with van der Waals surface area (Å²) in [5.74, 6) is 1.28. The lowest BCUT2D eigenvalue weighted by molar-refractivity contribution is -0.384. The molecule has 5 aromatic rings. The number of nitro groups is 1. The molecule has 0 radical (unpaired) electrons. The first-order valence-electron chi connectivity index (χ1n) is 11.9. The Balaban J connectivity index is 1.36. The van der Waals surface area contributed by atoms with Gasteiger partial charge in [-0.2, -0.15) is 10.1 Å². The standard InChI is InChI=1S/C29H23N5O5/c1-38-27-17-21(13-16-26(27)39-19-20-11-14-23(15-12-20)34(36)37)18-30-32-29-31-28(35)24-9-5-6-10-25(24)33(29)22-7-3-2-4-8-22/h2-18H,19H2,1H3,(H,31,32,35)/b30-18-. The van der Waals surface area contributed by atoms with Crippen molar-refractivity contribution in [2.24, 2.45) is 5.10 Å². The molecule has 4 aromatic carbocycles. The minimum Gasteiger partial charge on any atom is -0.493 e. The van der Waals surface area contributed by atoms with Crippen LogP contribution in [0.15, 0.2) is 107 Å². The Labute approximate surface area is 222 Å². The van der Waals surface area contributed by atoms with Gasteiger partial charge in [-0.15, -0.1) is 0 Å². The molecule has 1 aromatic heterocycles. The van der Waals surface area contributed by atoms with E-state index in [-0.39, 0.29) is 23.8 Å². The summed E-state index contributed by atoms with van der Waals surface area (Å²) in [6.45, 7) is 0.216. The highest BCUT2D eigenvalue weighted by molar-refractivity contribution is 5.83. The van der Waals surface area contributed by atoms with E-state index in [9.17, 15) is 14.9 Å². The Morgan fingerprint density at radius 2 is 1.72 bits per heavy atom. The molecule has 10 heteroatoms. The zero-order chi connectivity index (χ0) is 27.2. The third kappa shape index (κ3) is 5.59. The summed E-state index contributed by atoms with van der Waals surface area (Å²) in [5.41, 5.74) is 5.61. The molecule has 0 atom stereocenters. The number of ether oxygens (including phenoxy) is 2. The molecule has 0 amide bonds. The van der Waals surface area contributed by atoms with Crippen molar-refractivity contribution in [2.75, 3.05) is 12.5 Å². The molecule has 0 aliphatic carbocycles. The number of hydrazone groups is 1. The topological polar surface area (TPSA) is 121 Å². The molecule has 0 spiro atoms. The smallest absolute Gasteiger partial charge is 0.282 e. The Bertz CT molecular complexity index is 1720. The van der Waals surface area contributed by atoms with E-state index in [1.807, 2.05) is 47.0 Å². The third-order valence-electron chi connectivity index (χ3n) is 5.92. The van der Waals surface area contributed by atoms with Gasteiger partial charge in [-0.25, -0.2) is 5.43 Å². The van der Waals surface area contributed by atoms with E-state index in [0.29, 0.717) is 22.4 Å². The molecular formula is C29H23N5O5. The summed E-state index contributed by atoms with van der Waals surface area (Å²) >= 11 is 0. The van der Waals surface area contributed by atoms with Crippen LogP contribution < -0.4 is 20.5 Å². The van der Waals surface area contributed by atoms with Gasteiger partial charge < -0.3 is 9.47 Å². The molecule has 0 saturated heterocycles. The first-order chi connectivity index (χ1) is 19.0. The van der Waals surface area contributed by atoms with E-state index in [4.69, 9.17) is 9.47 Å². The van der Waals surface area contributed by atoms with Crippen LogP contribution in [0.4, 0.5) is 11.6 Å². The summed E-state index contributed by atoms with van der Waals surface area (Å²) in [6.07, 6.45) is 1.58. The number of methoxy groups -OCH3 is 1. The van der Waals surface area contributed by atoms with E-state index in [1.165, 1.54) is 19.2 Å². The molecule has 39 heavy (non-hydrogen) atoms. The van der Waals surface area contributed by atoms with Crippen LogP contribution in [0.25, 0.3) is 16.6 Å². The van der Waals surface area contributed by atoms with Gasteiger partial charge in [-0.05, 0) is 65.7 Å². The van der Waals surface area contributed by atoms with Crippen LogP contribution in [-0.2, 0) is 6.61 Å². The highest BCUT2D eigenvalue weighted by atomic mass is 16.6. The number of nitrogens with one attached hydrogen (secondary N) is 1. The van der Waals surface area contributed by atoms with Crippen molar-refractivity contribution in [2.45, 2.75) is 6.61 Å². The predicted molar refractivity (Wildman–Crippen MR) is 149 cm³/mol. The normalized spacial score (nSPS) is 11.0. The van der Waals surface area contributed by atoms with Crippen molar-refractivity contribution in [3.05, 3.63) is 129 Å². The fraction of sp³-hybridized carbons (Fsp3) is 0.0690. The summed E-state index contributed by atoms with van der Waals surface area (Å²) < 4.78 is 13.2. The summed E-state index contributed by atoms with van der Waals surface area (Å²) in [5, 5.41) is 15.7. The quantitative estimate of drug-likeness (QED) is 0.158. The number of para-hydroxylation sites is 2. The molecule has 10 nitrogen and oxygen atoms in total. The molecule has 0 aliphatic rings. The first kappa shape index (κ1) is 25.2. The molecule has 0 bridgehead atoms. The fourth-order valence-electron chi connectivity index (χ4n) is 4.01. The van der Waals surface area contributed by atoms with Crippen LogP contribution >= 0.6 is 0 Å². The van der Waals surface area contributed by atoms with Gasteiger partial charge >= 0.3 is 0 Å². The van der Waals surface area contributed by atoms with Gasteiger partial charge in [0.2, 0.25) is 5.95 Å². The molecule has 0 aliphatic heterocycles. The zero-order valence-electron chi connectivity index (χ0n) is 20.9. The van der Waals surface area contributed by atoms with Crippen molar-refractivity contribution < 1.29 is 14.4 Å². The second-order valence-electron chi connectivity index (χ2n) is 8.42. The SMILES string of the molecule is COc1cc(/C=N\Nc2nc(=O)c3ccccc3n2-c2ccccc2)ccc1OCc1ccc([N+](=O)[O-])cc1. The molecule has 1 N–H and O–H groups in total. The van der Waals surface area contributed by atoms with Crippen molar-refractivity contribution in [1.82, 2.24) is 9.55 Å². The van der Waals surface area contributed by atoms with Crippen LogP contribution in [0.5, 0.6) is 11.5 Å². The molecule has 1 heterocycles. The molecular weight excluding hydrogens is 498 g/mol. The van der Waals surface area contributed by atoms with Gasteiger partial charge in [0.05, 0.1) is 29.2 Å². The van der Waals surface area contributed by atoms with Crippen LogP contribution in [0.3, 0.4) is 0 Å². The average Bonchev–Trinajstić information content (AvgIpc) is 2.97. The molecule has 0 fully saturated rings. The van der Waals surface area contributed by atoms with Crippen molar-refractivity contribution in [3.8, 4) is 17.2 Å². The molecule has 194 valence electrons. The van der Waals surface area contributed by atoms with Gasteiger partial charge in [0, 0.05) is 17.8 Å². The van der Waals surface area contributed by atoms with E-state index in [0.717, 1.165) is 16.8 Å².